The minimum absolute atomic E-state index is 0.131. The molecular formula is C22H36N2O6. The molecule has 8 heteroatoms. The molecule has 1 N–H and O–H groups in total. The van der Waals surface area contributed by atoms with Gasteiger partial charge in [0.25, 0.3) is 0 Å². The molecule has 1 saturated heterocycles. The Morgan fingerprint density at radius 2 is 1.57 bits per heavy atom. The van der Waals surface area contributed by atoms with Crippen molar-refractivity contribution in [3.05, 3.63) is 0 Å². The summed E-state index contributed by atoms with van der Waals surface area (Å²) in [5.41, 5.74) is 0. The minimum atomic E-state index is -0.873. The summed E-state index contributed by atoms with van der Waals surface area (Å²) in [7, 11) is 4.04. The summed E-state index contributed by atoms with van der Waals surface area (Å²) in [6.45, 7) is 1.55. The number of carbonyl (C=O) groups excluding carboxylic acids is 1. The third kappa shape index (κ3) is 3.97. The Hall–Kier alpha value is -0.930. The van der Waals surface area contributed by atoms with Gasteiger partial charge in [0.2, 0.25) is 11.6 Å². The maximum Gasteiger partial charge on any atom is 0.407 e. The molecule has 0 atom stereocenters. The maximum absolute atomic E-state index is 12.0. The van der Waals surface area contributed by atoms with Crippen molar-refractivity contribution in [3.63, 3.8) is 0 Å². The van der Waals surface area contributed by atoms with E-state index >= 15 is 0 Å². The van der Waals surface area contributed by atoms with Crippen LogP contribution in [0.4, 0.5) is 4.79 Å². The van der Waals surface area contributed by atoms with Crippen molar-refractivity contribution in [2.75, 3.05) is 27.2 Å². The second-order valence-corrected chi connectivity index (χ2v) is 10.5. The van der Waals surface area contributed by atoms with Gasteiger partial charge >= 0.3 is 6.09 Å². The number of hydrogen-bond acceptors (Lipinski definition) is 7. The Labute approximate surface area is 178 Å². The second kappa shape index (κ2) is 8.20. The number of nitrogens with one attached hydrogen (secondary N) is 1. The van der Waals surface area contributed by atoms with E-state index in [1.165, 1.54) is 6.42 Å². The molecule has 6 rings (SSSR count). The summed E-state index contributed by atoms with van der Waals surface area (Å²) in [6, 6.07) is 0. The predicted octanol–water partition coefficient (Wildman–Crippen LogP) is 3.37. The molecule has 8 nitrogen and oxygen atoms in total. The highest BCUT2D eigenvalue weighted by Crippen LogP contribution is 2.61. The van der Waals surface area contributed by atoms with Gasteiger partial charge < -0.3 is 15.0 Å². The molecule has 30 heavy (non-hydrogen) atoms. The van der Waals surface area contributed by atoms with Gasteiger partial charge in [-0.25, -0.2) is 4.79 Å². The van der Waals surface area contributed by atoms with Crippen molar-refractivity contribution >= 4 is 6.09 Å². The molecule has 5 saturated carbocycles. The van der Waals surface area contributed by atoms with E-state index < -0.39 is 11.6 Å². The Morgan fingerprint density at radius 1 is 0.967 bits per heavy atom. The summed E-state index contributed by atoms with van der Waals surface area (Å²) in [6.07, 6.45) is 8.94. The largest absolute Gasteiger partial charge is 0.446 e. The molecule has 0 aromatic carbocycles. The lowest BCUT2D eigenvalue weighted by Gasteiger charge is -2.60. The van der Waals surface area contributed by atoms with Crippen molar-refractivity contribution in [1.82, 2.24) is 10.2 Å². The number of nitrogens with zero attached hydrogens (tertiary/aromatic N) is 1. The molecular weight excluding hydrogens is 388 g/mol. The van der Waals surface area contributed by atoms with Gasteiger partial charge in [0.05, 0.1) is 0 Å². The minimum Gasteiger partial charge on any atom is -0.446 e. The van der Waals surface area contributed by atoms with E-state index in [4.69, 9.17) is 24.3 Å². The van der Waals surface area contributed by atoms with Crippen LogP contribution in [0.5, 0.6) is 0 Å². The molecule has 0 radical (unpaired) electrons. The topological polar surface area (TPSA) is 78.5 Å². The first-order valence-electron chi connectivity index (χ1n) is 11.8. The van der Waals surface area contributed by atoms with Gasteiger partial charge in [-0.05, 0) is 83.8 Å². The molecule has 0 aromatic rings. The lowest BCUT2D eigenvalue weighted by molar-refractivity contribution is -0.680. The lowest BCUT2D eigenvalue weighted by atomic mass is 9.53. The number of carbonyl (C=O) groups is 1. The first-order valence-corrected chi connectivity index (χ1v) is 11.8. The molecule has 1 heterocycles. The number of amides is 1. The van der Waals surface area contributed by atoms with Gasteiger partial charge in [0.15, 0.2) is 0 Å². The number of rotatable bonds is 5. The van der Waals surface area contributed by atoms with E-state index in [1.54, 1.807) is 0 Å². The fourth-order valence-corrected chi connectivity index (χ4v) is 6.52. The standard InChI is InChI=1S/C22H36N2O6/c1-24(2)9-3-8-23-20(25)26-19-4-6-21(7-5-19)27-29-22(30-28-21)17-11-15-10-16(13-17)14-18(22)12-15/h15-19H,3-14H2,1-2H3,(H,23,25). The molecule has 0 unspecified atom stereocenters. The summed E-state index contributed by atoms with van der Waals surface area (Å²) in [4.78, 5) is 38.1. The van der Waals surface area contributed by atoms with Gasteiger partial charge in [-0.15, -0.1) is 0 Å². The van der Waals surface area contributed by atoms with Gasteiger partial charge in [-0.1, -0.05) is 0 Å². The molecule has 4 bridgehead atoms. The predicted molar refractivity (Wildman–Crippen MR) is 107 cm³/mol. The van der Waals surface area contributed by atoms with Crippen LogP contribution >= 0.6 is 0 Å². The summed E-state index contributed by atoms with van der Waals surface area (Å²) in [5.74, 6) is 0.815. The van der Waals surface area contributed by atoms with E-state index in [9.17, 15) is 4.79 Å². The van der Waals surface area contributed by atoms with Crippen molar-refractivity contribution in [1.29, 1.82) is 0 Å². The fraction of sp³-hybridized carbons (Fsp3) is 0.955. The van der Waals surface area contributed by atoms with Crippen LogP contribution in [0.3, 0.4) is 0 Å². The van der Waals surface area contributed by atoms with Gasteiger partial charge in [0.1, 0.15) is 6.10 Å². The Bertz CT molecular complexity index is 593. The van der Waals surface area contributed by atoms with Crippen molar-refractivity contribution in [2.45, 2.75) is 81.9 Å². The SMILES string of the molecule is CN(C)CCCNC(=O)OC1CCC2(CC1)OOC1(OO2)C2CC3CC(C2)CC1C3. The maximum atomic E-state index is 12.0. The third-order valence-electron chi connectivity index (χ3n) is 7.94. The molecule has 1 aliphatic heterocycles. The average molecular weight is 425 g/mol. The van der Waals surface area contributed by atoms with Crippen LogP contribution in [0.2, 0.25) is 0 Å². The molecule has 5 aliphatic carbocycles. The van der Waals surface area contributed by atoms with Crippen LogP contribution < -0.4 is 5.32 Å². The van der Waals surface area contributed by atoms with Crippen LogP contribution in [0.25, 0.3) is 0 Å². The van der Waals surface area contributed by atoms with E-state index in [2.05, 4.69) is 10.2 Å². The van der Waals surface area contributed by atoms with Gasteiger partial charge in [0, 0.05) is 31.2 Å². The Balaban J connectivity index is 1.07. The van der Waals surface area contributed by atoms with Gasteiger partial charge in [-0.2, -0.15) is 19.6 Å². The fourth-order valence-electron chi connectivity index (χ4n) is 6.52. The van der Waals surface area contributed by atoms with Crippen LogP contribution in [0, 0.1) is 23.7 Å². The zero-order chi connectivity index (χ0) is 20.8. The monoisotopic (exact) mass is 424 g/mol. The molecule has 6 aliphatic rings. The highest BCUT2D eigenvalue weighted by atomic mass is 17.4. The molecule has 1 amide bonds. The Morgan fingerprint density at radius 3 is 2.13 bits per heavy atom. The van der Waals surface area contributed by atoms with E-state index in [0.29, 0.717) is 44.1 Å². The average Bonchev–Trinajstić information content (AvgIpc) is 2.72. The second-order valence-electron chi connectivity index (χ2n) is 10.5. The number of alkyl carbamates (subject to hydrolysis) is 1. The van der Waals surface area contributed by atoms with Gasteiger partial charge in [-0.3, -0.25) is 0 Å². The first kappa shape index (κ1) is 20.9. The number of ether oxygens (including phenoxy) is 1. The van der Waals surface area contributed by atoms with Crippen molar-refractivity contribution < 1.29 is 29.1 Å². The van der Waals surface area contributed by atoms with Crippen LogP contribution in [-0.2, 0) is 24.3 Å². The highest BCUT2D eigenvalue weighted by molar-refractivity contribution is 5.67. The zero-order valence-electron chi connectivity index (χ0n) is 18.3. The summed E-state index contributed by atoms with van der Waals surface area (Å²) >= 11 is 0. The third-order valence-corrected chi connectivity index (χ3v) is 7.94. The summed E-state index contributed by atoms with van der Waals surface area (Å²) in [5, 5.41) is 2.83. The Kier molecular flexibility index (Phi) is 5.73. The van der Waals surface area contributed by atoms with E-state index in [0.717, 1.165) is 50.5 Å². The molecule has 6 fully saturated rings. The first-order chi connectivity index (χ1) is 14.5. The van der Waals surface area contributed by atoms with Crippen molar-refractivity contribution in [2.24, 2.45) is 23.7 Å². The van der Waals surface area contributed by atoms with Crippen molar-refractivity contribution in [3.8, 4) is 0 Å². The molecule has 2 spiro atoms. The quantitative estimate of drug-likeness (QED) is 0.535. The van der Waals surface area contributed by atoms with E-state index in [1.807, 2.05) is 14.1 Å². The van der Waals surface area contributed by atoms with E-state index in [-0.39, 0.29) is 12.2 Å². The van der Waals surface area contributed by atoms with Crippen LogP contribution in [0.1, 0.15) is 64.2 Å². The smallest absolute Gasteiger partial charge is 0.407 e. The summed E-state index contributed by atoms with van der Waals surface area (Å²) < 4.78 is 5.56. The van der Waals surface area contributed by atoms with Crippen LogP contribution in [0.15, 0.2) is 0 Å². The highest BCUT2D eigenvalue weighted by Gasteiger charge is 2.64. The zero-order valence-corrected chi connectivity index (χ0v) is 18.3. The molecule has 0 aromatic heterocycles. The van der Waals surface area contributed by atoms with Crippen LogP contribution in [-0.4, -0.2) is 55.9 Å². The molecule has 170 valence electrons. The normalized spacial score (nSPS) is 44.7. The number of hydrogen-bond donors (Lipinski definition) is 1. The lowest BCUT2D eigenvalue weighted by Crippen LogP contribution is -2.64.